The molecule has 2 N–H and O–H groups in total. The number of nitrogens with one attached hydrogen (secondary N) is 1. The second-order valence-electron chi connectivity index (χ2n) is 4.79. The molecule has 0 atom stereocenters. The summed E-state index contributed by atoms with van der Waals surface area (Å²) in [6, 6.07) is 1.40. The molecule has 0 unspecified atom stereocenters. The van der Waals surface area contributed by atoms with Crippen LogP contribution in [0.15, 0.2) is 12.3 Å². The molecule has 19 heavy (non-hydrogen) atoms. The molecule has 0 saturated heterocycles. The highest BCUT2D eigenvalue weighted by molar-refractivity contribution is 6.17. The third-order valence-corrected chi connectivity index (χ3v) is 2.24. The van der Waals surface area contributed by atoms with Crippen LogP contribution in [-0.4, -0.2) is 27.8 Å². The van der Waals surface area contributed by atoms with Crippen LogP contribution in [0.25, 0.3) is 0 Å². The van der Waals surface area contributed by atoms with Crippen LogP contribution in [0.4, 0.5) is 10.5 Å². The van der Waals surface area contributed by atoms with E-state index in [9.17, 15) is 9.59 Å². The summed E-state index contributed by atoms with van der Waals surface area (Å²) in [7, 11) is 0. The highest BCUT2D eigenvalue weighted by Crippen LogP contribution is 2.18. The van der Waals surface area contributed by atoms with E-state index < -0.39 is 17.7 Å². The number of carbonyl (C=O) groups excluding carboxylic acids is 1. The third-order valence-electron chi connectivity index (χ3n) is 1.96. The number of anilines is 1. The number of carboxylic acids is 1. The number of ether oxygens (including phenoxy) is 1. The van der Waals surface area contributed by atoms with E-state index in [1.165, 1.54) is 6.07 Å². The van der Waals surface area contributed by atoms with E-state index in [0.717, 1.165) is 6.20 Å². The number of aromatic carboxylic acids is 1. The quantitative estimate of drug-likeness (QED) is 0.834. The molecule has 0 saturated carbocycles. The van der Waals surface area contributed by atoms with Crippen molar-refractivity contribution in [3.63, 3.8) is 0 Å². The van der Waals surface area contributed by atoms with Gasteiger partial charge in [-0.05, 0) is 26.8 Å². The molecule has 0 spiro atoms. The second kappa shape index (κ2) is 5.88. The van der Waals surface area contributed by atoms with E-state index >= 15 is 0 Å². The number of carbonyl (C=O) groups is 2. The predicted octanol–water partition coefficient (Wildman–Crippen LogP) is 2.87. The minimum absolute atomic E-state index is 0.104. The van der Waals surface area contributed by atoms with Gasteiger partial charge in [-0.3, -0.25) is 10.3 Å². The van der Waals surface area contributed by atoms with Gasteiger partial charge in [-0.2, -0.15) is 0 Å². The van der Waals surface area contributed by atoms with Crippen molar-refractivity contribution in [3.8, 4) is 0 Å². The van der Waals surface area contributed by atoms with Crippen molar-refractivity contribution >= 4 is 29.4 Å². The number of halogens is 1. The first-order valence-electron chi connectivity index (χ1n) is 5.51. The van der Waals surface area contributed by atoms with Gasteiger partial charge >= 0.3 is 12.1 Å². The molecule has 0 aromatic carbocycles. The zero-order chi connectivity index (χ0) is 14.6. The van der Waals surface area contributed by atoms with Gasteiger partial charge in [0.25, 0.3) is 0 Å². The number of amides is 1. The maximum Gasteiger partial charge on any atom is 0.412 e. The molecular weight excluding hydrogens is 272 g/mol. The summed E-state index contributed by atoms with van der Waals surface area (Å²) in [6.45, 7) is 5.13. The van der Waals surface area contributed by atoms with Crippen molar-refractivity contribution in [1.82, 2.24) is 4.98 Å². The molecule has 0 aliphatic heterocycles. The van der Waals surface area contributed by atoms with Gasteiger partial charge in [0.1, 0.15) is 11.2 Å². The molecule has 0 aliphatic carbocycles. The van der Waals surface area contributed by atoms with E-state index in [4.69, 9.17) is 21.4 Å². The Bertz CT molecular complexity index is 497. The van der Waals surface area contributed by atoms with E-state index in [0.29, 0.717) is 5.69 Å². The first-order valence-corrected chi connectivity index (χ1v) is 6.04. The van der Waals surface area contributed by atoms with Crippen LogP contribution in [0.1, 0.15) is 36.8 Å². The van der Waals surface area contributed by atoms with Crippen molar-refractivity contribution in [2.45, 2.75) is 32.3 Å². The van der Waals surface area contributed by atoms with Gasteiger partial charge in [0.05, 0.1) is 17.3 Å². The lowest BCUT2D eigenvalue weighted by Gasteiger charge is -2.20. The number of aromatic nitrogens is 1. The summed E-state index contributed by atoms with van der Waals surface area (Å²) in [6.07, 6.45) is 0.411. The molecule has 1 heterocycles. The van der Waals surface area contributed by atoms with E-state index in [1.54, 1.807) is 20.8 Å². The van der Waals surface area contributed by atoms with Crippen molar-refractivity contribution in [2.75, 3.05) is 5.32 Å². The number of carboxylic acid groups (broad SMARTS) is 1. The first kappa shape index (κ1) is 15.2. The zero-order valence-electron chi connectivity index (χ0n) is 10.9. The largest absolute Gasteiger partial charge is 0.478 e. The van der Waals surface area contributed by atoms with Gasteiger partial charge in [0, 0.05) is 6.20 Å². The van der Waals surface area contributed by atoms with Crippen molar-refractivity contribution < 1.29 is 19.4 Å². The predicted molar refractivity (Wildman–Crippen MR) is 70.6 cm³/mol. The van der Waals surface area contributed by atoms with Gasteiger partial charge in [-0.25, -0.2) is 9.59 Å². The Hall–Kier alpha value is -1.82. The van der Waals surface area contributed by atoms with Gasteiger partial charge < -0.3 is 9.84 Å². The van der Waals surface area contributed by atoms with E-state index in [2.05, 4.69) is 10.3 Å². The maximum absolute atomic E-state index is 11.6. The Balaban J connectivity index is 2.98. The Morgan fingerprint density at radius 3 is 2.58 bits per heavy atom. The smallest absolute Gasteiger partial charge is 0.412 e. The molecule has 1 aromatic heterocycles. The Labute approximate surface area is 115 Å². The van der Waals surface area contributed by atoms with Crippen LogP contribution in [0.2, 0.25) is 0 Å². The number of nitrogens with zero attached hydrogens (tertiary/aromatic N) is 1. The van der Waals surface area contributed by atoms with Crippen molar-refractivity contribution in [2.24, 2.45) is 0 Å². The maximum atomic E-state index is 11.6. The normalized spacial score (nSPS) is 10.9. The summed E-state index contributed by atoms with van der Waals surface area (Å²) < 4.78 is 5.05. The van der Waals surface area contributed by atoms with Gasteiger partial charge in [0.2, 0.25) is 0 Å². The van der Waals surface area contributed by atoms with Crippen LogP contribution in [0, 0.1) is 0 Å². The number of hydrogen-bond acceptors (Lipinski definition) is 4. The molecule has 0 aliphatic rings. The van der Waals surface area contributed by atoms with Crippen molar-refractivity contribution in [3.05, 3.63) is 23.5 Å². The fourth-order valence-electron chi connectivity index (χ4n) is 1.26. The standard InChI is InChI=1S/C12H15ClN2O4/c1-12(2,3)19-11(18)15-9-4-7(5-13)14-6-8(9)10(16)17/h4,6H,5H2,1-3H3,(H,16,17)(H,14,15,18). The Kier molecular flexibility index (Phi) is 4.72. The molecular formula is C12H15ClN2O4. The summed E-state index contributed by atoms with van der Waals surface area (Å²) in [5, 5.41) is 11.4. The second-order valence-corrected chi connectivity index (χ2v) is 5.05. The first-order chi connectivity index (χ1) is 8.73. The lowest BCUT2D eigenvalue weighted by molar-refractivity contribution is 0.0636. The molecule has 6 nitrogen and oxygen atoms in total. The van der Waals surface area contributed by atoms with Crippen molar-refractivity contribution in [1.29, 1.82) is 0 Å². The fourth-order valence-corrected chi connectivity index (χ4v) is 1.41. The third kappa shape index (κ3) is 4.75. The summed E-state index contributed by atoms with van der Waals surface area (Å²) >= 11 is 5.62. The highest BCUT2D eigenvalue weighted by atomic mass is 35.5. The van der Waals surface area contributed by atoms with Crippen LogP contribution in [0.5, 0.6) is 0 Å². The lowest BCUT2D eigenvalue weighted by atomic mass is 10.2. The number of pyridine rings is 1. The molecule has 1 amide bonds. The van der Waals surface area contributed by atoms with E-state index in [1.807, 2.05) is 0 Å². The molecule has 104 valence electrons. The summed E-state index contributed by atoms with van der Waals surface area (Å²) in [4.78, 5) is 26.5. The molecule has 1 aromatic rings. The zero-order valence-corrected chi connectivity index (χ0v) is 11.6. The topological polar surface area (TPSA) is 88.5 Å². The van der Waals surface area contributed by atoms with Gasteiger partial charge in [-0.15, -0.1) is 11.6 Å². The minimum atomic E-state index is -1.19. The molecule has 0 radical (unpaired) electrons. The van der Waals surface area contributed by atoms with E-state index in [-0.39, 0.29) is 17.1 Å². The fraction of sp³-hybridized carbons (Fsp3) is 0.417. The summed E-state index contributed by atoms with van der Waals surface area (Å²) in [5.41, 5.74) is -0.236. The van der Waals surface area contributed by atoms with Crippen LogP contribution in [0.3, 0.4) is 0 Å². The Morgan fingerprint density at radius 1 is 1.47 bits per heavy atom. The van der Waals surface area contributed by atoms with Crippen LogP contribution < -0.4 is 5.32 Å². The van der Waals surface area contributed by atoms with Crippen LogP contribution >= 0.6 is 11.6 Å². The molecule has 0 fully saturated rings. The number of alkyl halides is 1. The minimum Gasteiger partial charge on any atom is -0.478 e. The highest BCUT2D eigenvalue weighted by Gasteiger charge is 2.19. The average Bonchev–Trinajstić information content (AvgIpc) is 2.25. The molecule has 0 bridgehead atoms. The monoisotopic (exact) mass is 286 g/mol. The number of rotatable bonds is 3. The SMILES string of the molecule is CC(C)(C)OC(=O)Nc1cc(CCl)ncc1C(=O)O. The van der Waals surface area contributed by atoms with Gasteiger partial charge in [0.15, 0.2) is 0 Å². The number of hydrogen-bond donors (Lipinski definition) is 2. The Morgan fingerprint density at radius 2 is 2.11 bits per heavy atom. The van der Waals surface area contributed by atoms with Gasteiger partial charge in [-0.1, -0.05) is 0 Å². The van der Waals surface area contributed by atoms with Crippen LogP contribution in [-0.2, 0) is 10.6 Å². The summed E-state index contributed by atoms with van der Waals surface area (Å²) in [5.74, 6) is -1.08. The lowest BCUT2D eigenvalue weighted by Crippen LogP contribution is -2.27. The molecule has 7 heteroatoms. The molecule has 1 rings (SSSR count). The average molecular weight is 287 g/mol.